The van der Waals surface area contributed by atoms with E-state index in [1.54, 1.807) is 30.3 Å². The molecule has 0 amide bonds. The van der Waals surface area contributed by atoms with E-state index in [4.69, 9.17) is 4.42 Å². The number of rotatable bonds is 4. The first-order valence-electron chi connectivity index (χ1n) is 9.31. The van der Waals surface area contributed by atoms with Crippen molar-refractivity contribution in [3.05, 3.63) is 97.0 Å². The van der Waals surface area contributed by atoms with Crippen molar-refractivity contribution in [1.29, 1.82) is 0 Å². The lowest BCUT2D eigenvalue weighted by molar-refractivity contribution is -0.384. The largest absolute Gasteiger partial charge is 0.457 e. The summed E-state index contributed by atoms with van der Waals surface area (Å²) in [5, 5.41) is 15.3. The molecular weight excluding hydrogens is 416 g/mol. The average Bonchev–Trinajstić information content (AvgIpc) is 3.46. The first-order valence-corrected chi connectivity index (χ1v) is 10.1. The molecule has 152 valence electrons. The minimum Gasteiger partial charge on any atom is -0.457 e. The highest BCUT2D eigenvalue weighted by Gasteiger charge is 2.13. The molecule has 0 aliphatic carbocycles. The predicted molar refractivity (Wildman–Crippen MR) is 117 cm³/mol. The third kappa shape index (κ3) is 3.51. The Bertz CT molecular complexity index is 1560. The molecule has 0 saturated heterocycles. The van der Waals surface area contributed by atoms with E-state index < -0.39 is 4.92 Å². The van der Waals surface area contributed by atoms with E-state index in [0.29, 0.717) is 32.4 Å². The first-order chi connectivity index (χ1) is 15.0. The van der Waals surface area contributed by atoms with Gasteiger partial charge in [-0.15, -0.1) is 5.10 Å². The van der Waals surface area contributed by atoms with Crippen molar-refractivity contribution < 1.29 is 9.34 Å². The Kier molecular flexibility index (Phi) is 4.45. The summed E-state index contributed by atoms with van der Waals surface area (Å²) in [4.78, 5) is 28.3. The Morgan fingerprint density at radius 3 is 2.68 bits per heavy atom. The van der Waals surface area contributed by atoms with Gasteiger partial charge in [0.05, 0.1) is 4.92 Å². The maximum atomic E-state index is 12.8. The van der Waals surface area contributed by atoms with Gasteiger partial charge in [-0.05, 0) is 25.1 Å². The van der Waals surface area contributed by atoms with Crippen molar-refractivity contribution >= 4 is 28.1 Å². The molecule has 0 atom stereocenters. The van der Waals surface area contributed by atoms with E-state index in [1.165, 1.54) is 28.0 Å². The van der Waals surface area contributed by atoms with Crippen LogP contribution in [0.2, 0.25) is 0 Å². The highest BCUT2D eigenvalue weighted by atomic mass is 32.1. The van der Waals surface area contributed by atoms with Crippen LogP contribution >= 0.6 is 11.3 Å². The summed E-state index contributed by atoms with van der Waals surface area (Å²) in [5.41, 5.74) is 2.23. The van der Waals surface area contributed by atoms with Gasteiger partial charge in [-0.3, -0.25) is 14.9 Å². The van der Waals surface area contributed by atoms with Gasteiger partial charge >= 0.3 is 0 Å². The molecule has 0 bridgehead atoms. The van der Waals surface area contributed by atoms with Crippen LogP contribution in [0.4, 0.5) is 5.69 Å². The standard InChI is InChI=1S/C22H14N4O4S/c1-13-4-2-6-15(10-13)20-23-22-25(24-20)21(27)19(31-22)12-17-8-9-18(30-17)14-5-3-7-16(11-14)26(28)29/h2-12H,1H3. The summed E-state index contributed by atoms with van der Waals surface area (Å²) in [6, 6.07) is 17.4. The number of non-ortho nitro benzene ring substituents is 1. The lowest BCUT2D eigenvalue weighted by atomic mass is 10.1. The number of hydrogen-bond donors (Lipinski definition) is 0. The van der Waals surface area contributed by atoms with Gasteiger partial charge in [0.15, 0.2) is 5.82 Å². The van der Waals surface area contributed by atoms with Gasteiger partial charge in [-0.25, -0.2) is 0 Å². The summed E-state index contributed by atoms with van der Waals surface area (Å²) in [6.45, 7) is 1.99. The van der Waals surface area contributed by atoms with Crippen LogP contribution in [0.1, 0.15) is 11.3 Å². The minimum atomic E-state index is -0.456. The molecular formula is C22H14N4O4S. The molecule has 0 aliphatic rings. The molecule has 0 aliphatic heterocycles. The lowest BCUT2D eigenvalue weighted by Crippen LogP contribution is -2.23. The van der Waals surface area contributed by atoms with Gasteiger partial charge in [0, 0.05) is 29.3 Å². The minimum absolute atomic E-state index is 0.0174. The van der Waals surface area contributed by atoms with Crippen LogP contribution < -0.4 is 10.1 Å². The number of aryl methyl sites for hydroxylation is 1. The number of thiazole rings is 1. The molecule has 0 radical (unpaired) electrons. The van der Waals surface area contributed by atoms with Gasteiger partial charge in [-0.1, -0.05) is 47.2 Å². The monoisotopic (exact) mass is 430 g/mol. The number of hydrogen-bond acceptors (Lipinski definition) is 7. The van der Waals surface area contributed by atoms with Gasteiger partial charge in [0.1, 0.15) is 16.1 Å². The van der Waals surface area contributed by atoms with Crippen LogP contribution in [0.5, 0.6) is 0 Å². The van der Waals surface area contributed by atoms with Crippen molar-refractivity contribution in [2.45, 2.75) is 6.92 Å². The van der Waals surface area contributed by atoms with Crippen molar-refractivity contribution in [3.63, 3.8) is 0 Å². The van der Waals surface area contributed by atoms with Crippen molar-refractivity contribution in [2.75, 3.05) is 0 Å². The number of nitro groups is 1. The second-order valence-corrected chi connectivity index (χ2v) is 7.93. The zero-order valence-electron chi connectivity index (χ0n) is 16.2. The van der Waals surface area contributed by atoms with Gasteiger partial charge in [0.25, 0.3) is 11.2 Å². The van der Waals surface area contributed by atoms with E-state index in [-0.39, 0.29) is 11.2 Å². The second-order valence-electron chi connectivity index (χ2n) is 6.92. The van der Waals surface area contributed by atoms with E-state index in [0.717, 1.165) is 11.1 Å². The van der Waals surface area contributed by atoms with Crippen LogP contribution in [-0.4, -0.2) is 19.5 Å². The summed E-state index contributed by atoms with van der Waals surface area (Å²) in [7, 11) is 0. The molecule has 5 rings (SSSR count). The zero-order chi connectivity index (χ0) is 21.5. The summed E-state index contributed by atoms with van der Waals surface area (Å²) in [6.07, 6.45) is 1.62. The SMILES string of the molecule is Cc1cccc(-c2nc3sc(=Cc4ccc(-c5cccc([N+](=O)[O-])c5)o4)c(=O)n3n2)c1. The fourth-order valence-electron chi connectivity index (χ4n) is 3.23. The molecule has 0 unspecified atom stereocenters. The zero-order valence-corrected chi connectivity index (χ0v) is 17.0. The van der Waals surface area contributed by atoms with Crippen molar-refractivity contribution in [2.24, 2.45) is 0 Å². The second kappa shape index (κ2) is 7.29. The Hall–Kier alpha value is -4.11. The topological polar surface area (TPSA) is 104 Å². The van der Waals surface area contributed by atoms with Crippen LogP contribution in [-0.2, 0) is 0 Å². The molecule has 8 nitrogen and oxygen atoms in total. The maximum absolute atomic E-state index is 12.8. The summed E-state index contributed by atoms with van der Waals surface area (Å²) < 4.78 is 7.51. The highest BCUT2D eigenvalue weighted by molar-refractivity contribution is 7.15. The Morgan fingerprint density at radius 2 is 1.90 bits per heavy atom. The molecule has 0 N–H and O–H groups in total. The third-order valence-electron chi connectivity index (χ3n) is 4.70. The Morgan fingerprint density at radius 1 is 1.10 bits per heavy atom. The van der Waals surface area contributed by atoms with Crippen molar-refractivity contribution in [1.82, 2.24) is 14.6 Å². The summed E-state index contributed by atoms with van der Waals surface area (Å²) in [5.74, 6) is 1.44. The Balaban J connectivity index is 1.50. The number of furan rings is 1. The van der Waals surface area contributed by atoms with Crippen LogP contribution in [0, 0.1) is 17.0 Å². The molecule has 3 aromatic heterocycles. The number of fused-ring (bicyclic) bond motifs is 1. The van der Waals surface area contributed by atoms with Gasteiger partial charge in [0.2, 0.25) is 4.96 Å². The molecule has 0 fully saturated rings. The smallest absolute Gasteiger partial charge is 0.291 e. The molecule has 0 spiro atoms. The molecule has 31 heavy (non-hydrogen) atoms. The Labute approximate surface area is 178 Å². The van der Waals surface area contributed by atoms with Crippen molar-refractivity contribution in [3.8, 4) is 22.7 Å². The van der Waals surface area contributed by atoms with E-state index in [2.05, 4.69) is 10.1 Å². The van der Waals surface area contributed by atoms with E-state index >= 15 is 0 Å². The maximum Gasteiger partial charge on any atom is 0.291 e. The van der Waals surface area contributed by atoms with Gasteiger partial charge < -0.3 is 4.42 Å². The molecule has 9 heteroatoms. The highest BCUT2D eigenvalue weighted by Crippen LogP contribution is 2.26. The average molecular weight is 430 g/mol. The fraction of sp³-hybridized carbons (Fsp3) is 0.0455. The van der Waals surface area contributed by atoms with E-state index in [1.807, 2.05) is 31.2 Å². The molecule has 0 saturated carbocycles. The van der Waals surface area contributed by atoms with Crippen LogP contribution in [0.3, 0.4) is 0 Å². The van der Waals surface area contributed by atoms with Gasteiger partial charge in [-0.2, -0.15) is 9.50 Å². The number of nitro benzene ring substituents is 1. The summed E-state index contributed by atoms with van der Waals surface area (Å²) >= 11 is 1.22. The number of aromatic nitrogens is 3. The van der Waals surface area contributed by atoms with Crippen LogP contribution in [0.15, 0.2) is 69.9 Å². The van der Waals surface area contributed by atoms with Crippen LogP contribution in [0.25, 0.3) is 33.7 Å². The lowest BCUT2D eigenvalue weighted by Gasteiger charge is -1.96. The van der Waals surface area contributed by atoms with E-state index in [9.17, 15) is 14.9 Å². The molecule has 2 aromatic carbocycles. The normalized spacial score (nSPS) is 12.0. The molecule has 3 heterocycles. The fourth-order valence-corrected chi connectivity index (χ4v) is 4.12. The molecule has 5 aromatic rings. The quantitative estimate of drug-likeness (QED) is 0.317. The number of nitrogens with zero attached hydrogens (tertiary/aromatic N) is 4. The first kappa shape index (κ1) is 18.9. The number of benzene rings is 2. The third-order valence-corrected chi connectivity index (χ3v) is 5.66. The predicted octanol–water partition coefficient (Wildman–Crippen LogP) is 3.84.